The van der Waals surface area contributed by atoms with Gasteiger partial charge in [-0.1, -0.05) is 48.3 Å². The molecule has 1 saturated heterocycles. The average molecular weight is 461 g/mol. The normalized spacial score (nSPS) is 17.3. The quantitative estimate of drug-likeness (QED) is 0.532. The Balaban J connectivity index is 1.16. The maximum absolute atomic E-state index is 13.0. The average Bonchev–Trinajstić information content (AvgIpc) is 3.57. The molecular weight excluding hydrogens is 428 g/mol. The van der Waals surface area contributed by atoms with Crippen molar-refractivity contribution in [1.29, 1.82) is 0 Å². The van der Waals surface area contributed by atoms with Crippen molar-refractivity contribution in [1.82, 2.24) is 19.9 Å². The molecule has 2 heterocycles. The molecule has 0 atom stereocenters. The van der Waals surface area contributed by atoms with Crippen LogP contribution < -0.4 is 4.74 Å². The highest BCUT2D eigenvalue weighted by Gasteiger charge is 2.25. The zero-order valence-electron chi connectivity index (χ0n) is 20.0. The van der Waals surface area contributed by atoms with Crippen LogP contribution >= 0.6 is 0 Å². The van der Waals surface area contributed by atoms with Gasteiger partial charge in [0.2, 0.25) is 11.7 Å². The van der Waals surface area contributed by atoms with Gasteiger partial charge in [-0.2, -0.15) is 4.98 Å². The van der Waals surface area contributed by atoms with Crippen molar-refractivity contribution in [3.8, 4) is 17.1 Å². The summed E-state index contributed by atoms with van der Waals surface area (Å²) in [6.45, 7) is 5.95. The minimum Gasteiger partial charge on any atom is -0.496 e. The zero-order valence-corrected chi connectivity index (χ0v) is 20.0. The van der Waals surface area contributed by atoms with Crippen molar-refractivity contribution in [3.63, 3.8) is 0 Å². The number of hydrogen-bond acceptors (Lipinski definition) is 6. The van der Waals surface area contributed by atoms with Crippen LogP contribution in [0.3, 0.4) is 0 Å². The molecule has 7 nitrogen and oxygen atoms in total. The van der Waals surface area contributed by atoms with Gasteiger partial charge in [-0.3, -0.25) is 9.69 Å². The summed E-state index contributed by atoms with van der Waals surface area (Å²) in [6, 6.07) is 14.1. The fraction of sp³-hybridized carbons (Fsp3) is 0.444. The molecule has 1 amide bonds. The van der Waals surface area contributed by atoms with Crippen molar-refractivity contribution in [2.75, 3.05) is 33.3 Å². The van der Waals surface area contributed by atoms with Crippen molar-refractivity contribution >= 4 is 5.91 Å². The second-order valence-corrected chi connectivity index (χ2v) is 9.34. The van der Waals surface area contributed by atoms with E-state index < -0.39 is 0 Å². The smallest absolute Gasteiger partial charge is 0.254 e. The Labute approximate surface area is 200 Å². The molecule has 2 aliphatic rings. The van der Waals surface area contributed by atoms with E-state index in [9.17, 15) is 4.79 Å². The first-order valence-electron chi connectivity index (χ1n) is 12.2. The summed E-state index contributed by atoms with van der Waals surface area (Å²) in [5.74, 6) is 2.72. The summed E-state index contributed by atoms with van der Waals surface area (Å²) >= 11 is 0. The van der Waals surface area contributed by atoms with Crippen LogP contribution in [0.1, 0.15) is 59.0 Å². The van der Waals surface area contributed by atoms with Crippen molar-refractivity contribution in [2.45, 2.75) is 45.1 Å². The number of carbonyl (C=O) groups is 1. The summed E-state index contributed by atoms with van der Waals surface area (Å²) in [5, 5.41) is 4.20. The first kappa shape index (κ1) is 22.6. The van der Waals surface area contributed by atoms with Gasteiger partial charge in [0.1, 0.15) is 5.75 Å². The summed E-state index contributed by atoms with van der Waals surface area (Å²) < 4.78 is 10.9. The minimum atomic E-state index is 0.0810. The van der Waals surface area contributed by atoms with Crippen LogP contribution in [0.2, 0.25) is 0 Å². The summed E-state index contributed by atoms with van der Waals surface area (Å²) in [4.78, 5) is 22.0. The van der Waals surface area contributed by atoms with E-state index >= 15 is 0 Å². The van der Waals surface area contributed by atoms with Gasteiger partial charge in [0.05, 0.1) is 7.11 Å². The van der Waals surface area contributed by atoms with Gasteiger partial charge in [-0.15, -0.1) is 0 Å². The van der Waals surface area contributed by atoms with Gasteiger partial charge in [0, 0.05) is 55.3 Å². The SMILES string of the molecule is COc1cccc(C(=O)N2CCN(Cc3ccc(-c4noc(C5CCCC5)n4)cc3)CC2)c1C. The van der Waals surface area contributed by atoms with Gasteiger partial charge in [0.25, 0.3) is 5.91 Å². The Morgan fingerprint density at radius 3 is 2.50 bits per heavy atom. The van der Waals surface area contributed by atoms with Gasteiger partial charge < -0.3 is 14.2 Å². The topological polar surface area (TPSA) is 71.7 Å². The number of nitrogens with zero attached hydrogens (tertiary/aromatic N) is 4. The molecule has 34 heavy (non-hydrogen) atoms. The molecule has 0 bridgehead atoms. The van der Waals surface area contributed by atoms with E-state index in [1.807, 2.05) is 30.0 Å². The summed E-state index contributed by atoms with van der Waals surface area (Å²) in [6.07, 6.45) is 4.80. The molecule has 0 unspecified atom stereocenters. The Hall–Kier alpha value is -3.19. The Kier molecular flexibility index (Phi) is 6.63. The van der Waals surface area contributed by atoms with E-state index in [4.69, 9.17) is 9.26 Å². The first-order chi connectivity index (χ1) is 16.6. The molecule has 178 valence electrons. The van der Waals surface area contributed by atoms with Gasteiger partial charge in [0.15, 0.2) is 0 Å². The molecule has 1 aliphatic carbocycles. The second-order valence-electron chi connectivity index (χ2n) is 9.34. The lowest BCUT2D eigenvalue weighted by Gasteiger charge is -2.35. The number of amides is 1. The Bertz CT molecular complexity index is 1130. The van der Waals surface area contributed by atoms with Crippen molar-refractivity contribution in [2.24, 2.45) is 0 Å². The molecule has 1 aliphatic heterocycles. The van der Waals surface area contributed by atoms with Crippen LogP contribution in [0, 0.1) is 6.92 Å². The molecule has 2 fully saturated rings. The molecule has 1 aromatic heterocycles. The molecular formula is C27H32N4O3. The number of ether oxygens (including phenoxy) is 1. The van der Waals surface area contributed by atoms with E-state index in [-0.39, 0.29) is 5.91 Å². The monoisotopic (exact) mass is 460 g/mol. The number of benzene rings is 2. The van der Waals surface area contributed by atoms with Crippen LogP contribution in [0.4, 0.5) is 0 Å². The van der Waals surface area contributed by atoms with E-state index in [0.717, 1.165) is 73.9 Å². The van der Waals surface area contributed by atoms with Crippen LogP contribution in [0.5, 0.6) is 5.75 Å². The zero-order chi connectivity index (χ0) is 23.5. The molecule has 3 aromatic rings. The number of rotatable bonds is 6. The molecule has 1 saturated carbocycles. The molecule has 0 radical (unpaired) electrons. The number of aromatic nitrogens is 2. The first-order valence-corrected chi connectivity index (χ1v) is 12.2. The fourth-order valence-electron chi connectivity index (χ4n) is 5.06. The predicted octanol–water partition coefficient (Wildman–Crippen LogP) is 4.67. The Morgan fingerprint density at radius 2 is 1.79 bits per heavy atom. The standard InChI is InChI=1S/C27H32N4O3/c1-19-23(8-5-9-24(19)33-2)27(32)31-16-14-30(15-17-31)18-20-10-12-21(13-11-20)25-28-26(34-29-25)22-6-3-4-7-22/h5,8-13,22H,3-4,6-7,14-18H2,1-2H3. The maximum Gasteiger partial charge on any atom is 0.254 e. The third kappa shape index (κ3) is 4.71. The lowest BCUT2D eigenvalue weighted by Crippen LogP contribution is -2.48. The van der Waals surface area contributed by atoms with Gasteiger partial charge >= 0.3 is 0 Å². The number of hydrogen-bond donors (Lipinski definition) is 0. The Morgan fingerprint density at radius 1 is 1.06 bits per heavy atom. The molecule has 5 rings (SSSR count). The van der Waals surface area contributed by atoms with Crippen LogP contribution in [-0.2, 0) is 6.54 Å². The molecule has 0 N–H and O–H groups in total. The number of piperazine rings is 1. The summed E-state index contributed by atoms with van der Waals surface area (Å²) in [5.41, 5.74) is 3.85. The largest absolute Gasteiger partial charge is 0.496 e. The second kappa shape index (κ2) is 9.97. The highest BCUT2D eigenvalue weighted by molar-refractivity contribution is 5.96. The number of methoxy groups -OCH3 is 1. The molecule has 0 spiro atoms. The van der Waals surface area contributed by atoms with Gasteiger partial charge in [-0.05, 0) is 37.5 Å². The van der Waals surface area contributed by atoms with Crippen molar-refractivity contribution < 1.29 is 14.1 Å². The molecule has 2 aromatic carbocycles. The third-order valence-corrected chi connectivity index (χ3v) is 7.16. The van der Waals surface area contributed by atoms with E-state index in [1.165, 1.54) is 18.4 Å². The predicted molar refractivity (Wildman–Crippen MR) is 130 cm³/mol. The van der Waals surface area contributed by atoms with Crippen LogP contribution in [0.15, 0.2) is 47.0 Å². The highest BCUT2D eigenvalue weighted by atomic mass is 16.5. The maximum atomic E-state index is 13.0. The van der Waals surface area contributed by atoms with Gasteiger partial charge in [-0.25, -0.2) is 0 Å². The van der Waals surface area contributed by atoms with E-state index in [2.05, 4.69) is 39.3 Å². The molecule has 7 heteroatoms. The lowest BCUT2D eigenvalue weighted by molar-refractivity contribution is 0.0627. The fourth-order valence-corrected chi connectivity index (χ4v) is 5.06. The number of carbonyl (C=O) groups excluding carboxylic acids is 1. The van der Waals surface area contributed by atoms with Crippen LogP contribution in [-0.4, -0.2) is 59.1 Å². The third-order valence-electron chi connectivity index (χ3n) is 7.16. The summed E-state index contributed by atoms with van der Waals surface area (Å²) in [7, 11) is 1.64. The van der Waals surface area contributed by atoms with E-state index in [0.29, 0.717) is 11.7 Å². The van der Waals surface area contributed by atoms with E-state index in [1.54, 1.807) is 7.11 Å². The minimum absolute atomic E-state index is 0.0810. The highest BCUT2D eigenvalue weighted by Crippen LogP contribution is 2.34. The van der Waals surface area contributed by atoms with Crippen molar-refractivity contribution in [3.05, 3.63) is 65.0 Å². The van der Waals surface area contributed by atoms with Crippen LogP contribution in [0.25, 0.3) is 11.4 Å². The lowest BCUT2D eigenvalue weighted by atomic mass is 10.1.